The summed E-state index contributed by atoms with van der Waals surface area (Å²) in [6.45, 7) is 5.59. The number of nitrogens with two attached hydrogens (primary N) is 1. The van der Waals surface area contributed by atoms with E-state index in [0.717, 1.165) is 6.42 Å². The van der Waals surface area contributed by atoms with Crippen LogP contribution in [0.25, 0.3) is 0 Å². The van der Waals surface area contributed by atoms with Gasteiger partial charge in [0.1, 0.15) is 11.3 Å². The van der Waals surface area contributed by atoms with Crippen LogP contribution in [0.15, 0.2) is 18.2 Å². The predicted octanol–water partition coefficient (Wildman–Crippen LogP) is 2.06. The van der Waals surface area contributed by atoms with E-state index in [-0.39, 0.29) is 5.69 Å². The summed E-state index contributed by atoms with van der Waals surface area (Å²) >= 11 is 0. The number of ether oxygens (including phenoxy) is 1. The summed E-state index contributed by atoms with van der Waals surface area (Å²) in [5.74, 6) is -0.177. The number of nitro benzene ring substituents is 1. The molecule has 0 aliphatic rings. The van der Waals surface area contributed by atoms with Crippen molar-refractivity contribution in [2.24, 2.45) is 5.73 Å². The van der Waals surface area contributed by atoms with Crippen molar-refractivity contribution in [1.82, 2.24) is 0 Å². The average molecular weight is 281 g/mol. The third-order valence-corrected chi connectivity index (χ3v) is 2.65. The van der Waals surface area contributed by atoms with Gasteiger partial charge in [-0.1, -0.05) is 6.92 Å². The van der Waals surface area contributed by atoms with Gasteiger partial charge in [0.15, 0.2) is 0 Å². The highest BCUT2D eigenvalue weighted by Gasteiger charge is 2.25. The number of primary amides is 1. The van der Waals surface area contributed by atoms with E-state index in [1.807, 2.05) is 6.92 Å². The molecule has 0 aliphatic heterocycles. The Morgan fingerprint density at radius 3 is 2.60 bits per heavy atom. The Morgan fingerprint density at radius 1 is 1.45 bits per heavy atom. The van der Waals surface area contributed by atoms with E-state index in [4.69, 9.17) is 10.5 Å². The van der Waals surface area contributed by atoms with Crippen molar-refractivity contribution in [2.75, 3.05) is 11.9 Å². The number of nitrogens with zero attached hydrogens (tertiary/aromatic N) is 1. The molecule has 0 radical (unpaired) electrons. The number of nitrogens with one attached hydrogen (secondary N) is 1. The number of carbonyl (C=O) groups excluding carboxylic acids is 1. The molecule has 20 heavy (non-hydrogen) atoms. The van der Waals surface area contributed by atoms with Crippen LogP contribution in [-0.2, 0) is 4.79 Å². The molecule has 0 saturated carbocycles. The summed E-state index contributed by atoms with van der Waals surface area (Å²) < 4.78 is 5.40. The summed E-state index contributed by atoms with van der Waals surface area (Å²) in [6.07, 6.45) is 0.790. The minimum Gasteiger partial charge on any atom is -0.493 e. The van der Waals surface area contributed by atoms with Gasteiger partial charge < -0.3 is 15.8 Å². The first kappa shape index (κ1) is 15.7. The van der Waals surface area contributed by atoms with Gasteiger partial charge >= 0.3 is 0 Å². The summed E-state index contributed by atoms with van der Waals surface area (Å²) in [7, 11) is 0. The zero-order valence-corrected chi connectivity index (χ0v) is 11.8. The van der Waals surface area contributed by atoms with Crippen molar-refractivity contribution in [1.29, 1.82) is 0 Å². The van der Waals surface area contributed by atoms with E-state index >= 15 is 0 Å². The van der Waals surface area contributed by atoms with Crippen molar-refractivity contribution in [3.63, 3.8) is 0 Å². The number of nitro groups is 1. The smallest absolute Gasteiger partial charge is 0.275 e. The highest BCUT2D eigenvalue weighted by molar-refractivity contribution is 5.87. The van der Waals surface area contributed by atoms with Gasteiger partial charge in [0.25, 0.3) is 5.69 Å². The van der Waals surface area contributed by atoms with Crippen molar-refractivity contribution >= 4 is 17.3 Å². The molecule has 0 aromatic heterocycles. The second-order valence-electron chi connectivity index (χ2n) is 4.94. The summed E-state index contributed by atoms with van der Waals surface area (Å²) in [5.41, 5.74) is 4.55. The fraction of sp³-hybridized carbons (Fsp3) is 0.462. The maximum absolute atomic E-state index is 11.3. The van der Waals surface area contributed by atoms with Crippen LogP contribution in [0.1, 0.15) is 27.2 Å². The second-order valence-corrected chi connectivity index (χ2v) is 4.94. The van der Waals surface area contributed by atoms with Crippen LogP contribution in [0.4, 0.5) is 11.4 Å². The van der Waals surface area contributed by atoms with Gasteiger partial charge in [0.2, 0.25) is 5.91 Å². The lowest BCUT2D eigenvalue weighted by atomic mass is 10.0. The predicted molar refractivity (Wildman–Crippen MR) is 75.8 cm³/mol. The highest BCUT2D eigenvalue weighted by atomic mass is 16.6. The molecule has 7 heteroatoms. The van der Waals surface area contributed by atoms with Crippen molar-refractivity contribution in [2.45, 2.75) is 32.7 Å². The third kappa shape index (κ3) is 4.11. The first-order valence-corrected chi connectivity index (χ1v) is 6.26. The molecule has 110 valence electrons. The van der Waals surface area contributed by atoms with Crippen molar-refractivity contribution in [3.8, 4) is 5.75 Å². The van der Waals surface area contributed by atoms with E-state index in [9.17, 15) is 14.9 Å². The molecule has 0 atom stereocenters. The van der Waals surface area contributed by atoms with Gasteiger partial charge in [0.05, 0.1) is 17.6 Å². The Kier molecular flexibility index (Phi) is 4.90. The minimum absolute atomic E-state index is 0.110. The number of anilines is 1. The number of non-ortho nitro benzene ring substituents is 1. The third-order valence-electron chi connectivity index (χ3n) is 2.65. The quantitative estimate of drug-likeness (QED) is 0.587. The number of benzene rings is 1. The normalized spacial score (nSPS) is 10.9. The SMILES string of the molecule is CCCOc1cc(NC(C)(C)C(N)=O)cc([N+](=O)[O-])c1. The van der Waals surface area contributed by atoms with E-state index in [1.165, 1.54) is 12.1 Å². The molecule has 0 heterocycles. The van der Waals surface area contributed by atoms with Crippen LogP contribution in [-0.4, -0.2) is 23.0 Å². The standard InChI is InChI=1S/C13H19N3O4/c1-4-5-20-11-7-9(6-10(8-11)16(18)19)15-13(2,3)12(14)17/h6-8,15H,4-5H2,1-3H3,(H2,14,17). The summed E-state index contributed by atoms with van der Waals surface area (Å²) in [4.78, 5) is 21.7. The molecular formula is C13H19N3O4. The molecule has 1 rings (SSSR count). The number of amides is 1. The van der Waals surface area contributed by atoms with Crippen LogP contribution < -0.4 is 15.8 Å². The lowest BCUT2D eigenvalue weighted by Gasteiger charge is -2.23. The largest absolute Gasteiger partial charge is 0.493 e. The molecule has 0 spiro atoms. The molecule has 0 saturated heterocycles. The number of hydrogen-bond donors (Lipinski definition) is 2. The Labute approximate surface area is 117 Å². The van der Waals surface area contributed by atoms with Gasteiger partial charge in [0, 0.05) is 17.8 Å². The second kappa shape index (κ2) is 6.23. The Hall–Kier alpha value is -2.31. The lowest BCUT2D eigenvalue weighted by Crippen LogP contribution is -2.45. The Morgan fingerprint density at radius 2 is 2.10 bits per heavy atom. The molecule has 7 nitrogen and oxygen atoms in total. The fourth-order valence-corrected chi connectivity index (χ4v) is 1.49. The van der Waals surface area contributed by atoms with Gasteiger partial charge in [-0.15, -0.1) is 0 Å². The average Bonchev–Trinajstić information content (AvgIpc) is 2.35. The van der Waals surface area contributed by atoms with Crippen LogP contribution in [0, 0.1) is 10.1 Å². The Balaban J connectivity index is 3.08. The lowest BCUT2D eigenvalue weighted by molar-refractivity contribution is -0.384. The van der Waals surface area contributed by atoms with Gasteiger partial charge in [-0.25, -0.2) is 0 Å². The van der Waals surface area contributed by atoms with Gasteiger partial charge in [-0.3, -0.25) is 14.9 Å². The zero-order chi connectivity index (χ0) is 15.3. The van der Waals surface area contributed by atoms with Crippen LogP contribution in [0.5, 0.6) is 5.75 Å². The van der Waals surface area contributed by atoms with E-state index in [2.05, 4.69) is 5.32 Å². The van der Waals surface area contributed by atoms with Crippen molar-refractivity contribution in [3.05, 3.63) is 28.3 Å². The van der Waals surface area contributed by atoms with Crippen LogP contribution >= 0.6 is 0 Å². The molecule has 0 aliphatic carbocycles. The first-order chi connectivity index (χ1) is 9.26. The molecule has 3 N–H and O–H groups in total. The zero-order valence-electron chi connectivity index (χ0n) is 11.8. The maximum atomic E-state index is 11.3. The van der Waals surface area contributed by atoms with E-state index < -0.39 is 16.4 Å². The molecule has 0 fully saturated rings. The monoisotopic (exact) mass is 281 g/mol. The van der Waals surface area contributed by atoms with Crippen LogP contribution in [0.3, 0.4) is 0 Å². The summed E-state index contributed by atoms with van der Waals surface area (Å²) in [5, 5.41) is 13.8. The summed E-state index contributed by atoms with van der Waals surface area (Å²) in [6, 6.07) is 4.29. The topological polar surface area (TPSA) is 107 Å². The van der Waals surface area contributed by atoms with E-state index in [1.54, 1.807) is 19.9 Å². The van der Waals surface area contributed by atoms with Crippen molar-refractivity contribution < 1.29 is 14.5 Å². The molecule has 1 aromatic rings. The first-order valence-electron chi connectivity index (χ1n) is 6.26. The van der Waals surface area contributed by atoms with E-state index in [0.29, 0.717) is 18.0 Å². The highest BCUT2D eigenvalue weighted by Crippen LogP contribution is 2.28. The molecule has 0 bridgehead atoms. The molecule has 0 unspecified atom stereocenters. The number of rotatable bonds is 7. The number of carbonyl (C=O) groups is 1. The minimum atomic E-state index is -1.02. The molecule has 1 aromatic carbocycles. The number of hydrogen-bond acceptors (Lipinski definition) is 5. The van der Waals surface area contributed by atoms with Gasteiger partial charge in [-0.05, 0) is 20.3 Å². The van der Waals surface area contributed by atoms with Gasteiger partial charge in [-0.2, -0.15) is 0 Å². The Bertz CT molecular complexity index is 514. The maximum Gasteiger partial charge on any atom is 0.275 e. The molecular weight excluding hydrogens is 262 g/mol. The molecule has 1 amide bonds. The van der Waals surface area contributed by atoms with Crippen LogP contribution in [0.2, 0.25) is 0 Å². The fourth-order valence-electron chi connectivity index (χ4n) is 1.49.